The third-order valence-corrected chi connectivity index (χ3v) is 8.29. The minimum absolute atomic E-state index is 0.0790. The van der Waals surface area contributed by atoms with Gasteiger partial charge in [-0.15, -0.1) is 0 Å². The fraction of sp³-hybridized carbons (Fsp3) is 0.500. The van der Waals surface area contributed by atoms with Crippen molar-refractivity contribution in [1.29, 1.82) is 0 Å². The van der Waals surface area contributed by atoms with E-state index >= 15 is 0 Å². The van der Waals surface area contributed by atoms with Gasteiger partial charge >= 0.3 is 0 Å². The summed E-state index contributed by atoms with van der Waals surface area (Å²) in [5.41, 5.74) is 1.66. The Kier molecular flexibility index (Phi) is 9.53. The second-order valence-corrected chi connectivity index (χ2v) is 12.0. The number of likely N-dealkylation sites (N-methyl/N-ethyl adjacent to an activating group) is 1. The summed E-state index contributed by atoms with van der Waals surface area (Å²) in [5.74, 6) is 6.54. The first-order valence-corrected chi connectivity index (χ1v) is 13.8. The lowest BCUT2D eigenvalue weighted by Gasteiger charge is -2.37. The van der Waals surface area contributed by atoms with Gasteiger partial charge in [0, 0.05) is 43.6 Å². The smallest absolute Gasteiger partial charge is 0.247 e. The van der Waals surface area contributed by atoms with Crippen molar-refractivity contribution in [3.05, 3.63) is 59.4 Å². The molecule has 0 aliphatic carbocycles. The zero-order valence-corrected chi connectivity index (χ0v) is 22.6. The van der Waals surface area contributed by atoms with Crippen LogP contribution in [0.5, 0.6) is 5.75 Å². The Morgan fingerprint density at radius 2 is 1.89 bits per heavy atom. The van der Waals surface area contributed by atoms with Crippen molar-refractivity contribution in [1.82, 2.24) is 9.21 Å². The summed E-state index contributed by atoms with van der Waals surface area (Å²) in [6.45, 7) is 8.91. The Morgan fingerprint density at radius 1 is 1.19 bits per heavy atom. The average molecular weight is 517 g/mol. The highest BCUT2D eigenvalue weighted by molar-refractivity contribution is 7.89. The summed E-state index contributed by atoms with van der Waals surface area (Å²) in [5, 5.41) is 9.81. The van der Waals surface area contributed by atoms with Crippen LogP contribution in [0.4, 0.5) is 4.39 Å². The van der Waals surface area contributed by atoms with E-state index in [-0.39, 0.29) is 41.6 Å². The SMILES string of the molecule is CC(C)CC#Cc1ccc2c(c1)O[C@@H](CN(C)Cc1ccc(F)cc1)[C@@H](C)CN([C@H](C)CO)S2(=O)=O. The molecule has 0 bridgehead atoms. The maximum Gasteiger partial charge on any atom is 0.247 e. The van der Waals surface area contributed by atoms with Crippen LogP contribution in [0.1, 0.15) is 45.2 Å². The summed E-state index contributed by atoms with van der Waals surface area (Å²) >= 11 is 0. The molecule has 2 aromatic rings. The number of hydrogen-bond donors (Lipinski definition) is 1. The maximum atomic E-state index is 13.6. The first-order chi connectivity index (χ1) is 17.0. The number of aliphatic hydroxyl groups excluding tert-OH is 1. The van der Waals surface area contributed by atoms with Gasteiger partial charge in [0.2, 0.25) is 10.0 Å². The van der Waals surface area contributed by atoms with Crippen LogP contribution in [0, 0.1) is 29.5 Å². The second-order valence-electron chi connectivity index (χ2n) is 10.1. The molecule has 0 saturated carbocycles. The lowest BCUT2D eigenvalue weighted by atomic mass is 10.0. The number of aliphatic hydroxyl groups is 1. The topological polar surface area (TPSA) is 70.1 Å². The first kappa shape index (κ1) is 28.1. The van der Waals surface area contributed by atoms with E-state index in [9.17, 15) is 17.9 Å². The van der Waals surface area contributed by atoms with E-state index in [1.807, 2.05) is 14.0 Å². The fourth-order valence-electron chi connectivity index (χ4n) is 4.15. The fourth-order valence-corrected chi connectivity index (χ4v) is 5.98. The molecule has 36 heavy (non-hydrogen) atoms. The van der Waals surface area contributed by atoms with Crippen LogP contribution in [0.25, 0.3) is 0 Å². The van der Waals surface area contributed by atoms with Crippen LogP contribution in [-0.2, 0) is 16.6 Å². The van der Waals surface area contributed by atoms with E-state index in [2.05, 4.69) is 30.6 Å². The summed E-state index contributed by atoms with van der Waals surface area (Å²) in [7, 11) is -1.93. The molecule has 1 N–H and O–H groups in total. The van der Waals surface area contributed by atoms with E-state index in [0.717, 1.165) is 12.0 Å². The molecule has 0 radical (unpaired) electrons. The van der Waals surface area contributed by atoms with Crippen molar-refractivity contribution in [2.75, 3.05) is 26.7 Å². The predicted molar refractivity (Wildman–Crippen MR) is 140 cm³/mol. The van der Waals surface area contributed by atoms with Crippen LogP contribution in [-0.4, -0.2) is 61.6 Å². The zero-order valence-electron chi connectivity index (χ0n) is 21.7. The molecule has 2 aromatic carbocycles. The van der Waals surface area contributed by atoms with Crippen molar-refractivity contribution in [3.63, 3.8) is 0 Å². The summed E-state index contributed by atoms with van der Waals surface area (Å²) < 4.78 is 48.3. The molecule has 6 nitrogen and oxygen atoms in total. The molecule has 0 amide bonds. The highest BCUT2D eigenvalue weighted by Gasteiger charge is 2.38. The molecular weight excluding hydrogens is 479 g/mol. The molecule has 0 fully saturated rings. The molecule has 1 heterocycles. The van der Waals surface area contributed by atoms with E-state index < -0.39 is 16.1 Å². The van der Waals surface area contributed by atoms with E-state index in [0.29, 0.717) is 24.6 Å². The lowest BCUT2D eigenvalue weighted by molar-refractivity contribution is 0.0733. The highest BCUT2D eigenvalue weighted by Crippen LogP contribution is 2.34. The Bertz CT molecular complexity index is 1190. The Labute approximate surface area is 215 Å². The Morgan fingerprint density at radius 3 is 2.53 bits per heavy atom. The largest absolute Gasteiger partial charge is 0.487 e. The third kappa shape index (κ3) is 7.07. The zero-order chi connectivity index (χ0) is 26.5. The highest BCUT2D eigenvalue weighted by atomic mass is 32.2. The number of sulfonamides is 1. The average Bonchev–Trinajstić information content (AvgIpc) is 2.82. The molecule has 8 heteroatoms. The van der Waals surface area contributed by atoms with Gasteiger partial charge in [-0.3, -0.25) is 4.90 Å². The minimum Gasteiger partial charge on any atom is -0.487 e. The van der Waals surface area contributed by atoms with Crippen LogP contribution >= 0.6 is 0 Å². The van der Waals surface area contributed by atoms with Crippen LogP contribution in [0.3, 0.4) is 0 Å². The number of halogens is 1. The Balaban J connectivity index is 1.95. The van der Waals surface area contributed by atoms with Crippen molar-refractivity contribution in [3.8, 4) is 17.6 Å². The number of rotatable bonds is 7. The quantitative estimate of drug-likeness (QED) is 0.561. The van der Waals surface area contributed by atoms with Crippen molar-refractivity contribution < 1.29 is 22.7 Å². The molecule has 196 valence electrons. The normalized spacial score (nSPS) is 20.6. The van der Waals surface area contributed by atoms with Gasteiger partial charge in [0.05, 0.1) is 6.61 Å². The van der Waals surface area contributed by atoms with E-state index in [1.165, 1.54) is 16.4 Å². The van der Waals surface area contributed by atoms with Gasteiger partial charge < -0.3 is 9.84 Å². The van der Waals surface area contributed by atoms with Gasteiger partial charge in [0.15, 0.2) is 0 Å². The van der Waals surface area contributed by atoms with Crippen molar-refractivity contribution in [2.45, 2.75) is 57.7 Å². The summed E-state index contributed by atoms with van der Waals surface area (Å²) in [4.78, 5) is 2.16. The maximum absolute atomic E-state index is 13.6. The van der Waals surface area contributed by atoms with Crippen LogP contribution in [0.2, 0.25) is 0 Å². The monoisotopic (exact) mass is 516 g/mol. The lowest BCUT2D eigenvalue weighted by Crippen LogP contribution is -2.49. The van der Waals surface area contributed by atoms with Gasteiger partial charge in [0.25, 0.3) is 0 Å². The summed E-state index contributed by atoms with van der Waals surface area (Å²) in [6.07, 6.45) is 0.420. The molecule has 0 saturated heterocycles. The second kappa shape index (κ2) is 12.2. The van der Waals surface area contributed by atoms with Gasteiger partial charge in [-0.1, -0.05) is 44.7 Å². The molecule has 0 unspecified atom stereocenters. The molecule has 3 rings (SSSR count). The first-order valence-electron chi connectivity index (χ1n) is 12.4. The van der Waals surface area contributed by atoms with Crippen molar-refractivity contribution in [2.24, 2.45) is 11.8 Å². The molecular formula is C28H37FN2O4S. The number of nitrogens with zero attached hydrogens (tertiary/aromatic N) is 2. The standard InChI is InChI=1S/C28H37FN2O4S/c1-20(2)7-6-8-23-11-14-28-26(15-23)35-27(18-30(5)17-24-9-12-25(29)13-10-24)21(3)16-31(22(4)19-32)36(28,33)34/h9-15,20-22,27,32H,7,16-19H2,1-5H3/t21-,22+,27-/m0/s1. The predicted octanol–water partition coefficient (Wildman–Crippen LogP) is 4.12. The number of benzene rings is 2. The van der Waals surface area contributed by atoms with E-state index in [1.54, 1.807) is 37.3 Å². The molecule has 1 aliphatic heterocycles. The summed E-state index contributed by atoms with van der Waals surface area (Å²) in [6, 6.07) is 10.8. The van der Waals surface area contributed by atoms with Gasteiger partial charge in [0.1, 0.15) is 22.6 Å². The van der Waals surface area contributed by atoms with Gasteiger partial charge in [-0.05, 0) is 55.8 Å². The molecule has 1 aliphatic rings. The van der Waals surface area contributed by atoms with Crippen molar-refractivity contribution >= 4 is 10.0 Å². The number of fused-ring (bicyclic) bond motifs is 1. The molecule has 3 atom stereocenters. The Hall–Kier alpha value is -2.44. The number of hydrogen-bond acceptors (Lipinski definition) is 5. The molecule has 0 spiro atoms. The van der Waals surface area contributed by atoms with Crippen LogP contribution < -0.4 is 4.74 Å². The minimum atomic E-state index is -3.89. The van der Waals surface area contributed by atoms with Crippen LogP contribution in [0.15, 0.2) is 47.4 Å². The third-order valence-electron chi connectivity index (χ3n) is 6.27. The van der Waals surface area contributed by atoms with Gasteiger partial charge in [-0.25, -0.2) is 12.8 Å². The number of ether oxygens (including phenoxy) is 1. The van der Waals surface area contributed by atoms with Gasteiger partial charge in [-0.2, -0.15) is 4.31 Å². The van der Waals surface area contributed by atoms with E-state index in [4.69, 9.17) is 4.74 Å². The molecule has 0 aromatic heterocycles.